The third-order valence-electron chi connectivity index (χ3n) is 5.84. The SMILES string of the molecule is Cn1ccnc1C(=O)c1ccc(NC(=O)c2ccc3c(c2)C[C@@H](c2ccccc2)OC3=O)cc1. The average molecular weight is 451 g/mol. The number of anilines is 1. The van der Waals surface area contributed by atoms with Crippen LogP contribution in [0.5, 0.6) is 0 Å². The molecule has 168 valence electrons. The van der Waals surface area contributed by atoms with Gasteiger partial charge in [0, 0.05) is 42.7 Å². The molecule has 0 saturated heterocycles. The maximum atomic E-state index is 12.9. The molecule has 1 aromatic heterocycles. The Labute approximate surface area is 196 Å². The summed E-state index contributed by atoms with van der Waals surface area (Å²) in [4.78, 5) is 42.0. The number of imidazole rings is 1. The summed E-state index contributed by atoms with van der Waals surface area (Å²) in [5.41, 5.74) is 3.63. The molecule has 34 heavy (non-hydrogen) atoms. The Kier molecular flexibility index (Phi) is 5.51. The fourth-order valence-electron chi connectivity index (χ4n) is 4.01. The van der Waals surface area contributed by atoms with Crippen molar-refractivity contribution >= 4 is 23.3 Å². The highest BCUT2D eigenvalue weighted by Gasteiger charge is 2.28. The van der Waals surface area contributed by atoms with Gasteiger partial charge in [-0.25, -0.2) is 9.78 Å². The first-order valence-corrected chi connectivity index (χ1v) is 10.8. The number of amides is 1. The first-order chi connectivity index (χ1) is 16.5. The van der Waals surface area contributed by atoms with Crippen molar-refractivity contribution in [3.05, 3.63) is 119 Å². The minimum Gasteiger partial charge on any atom is -0.454 e. The van der Waals surface area contributed by atoms with Gasteiger partial charge >= 0.3 is 5.97 Å². The van der Waals surface area contributed by atoms with Gasteiger partial charge in [0.25, 0.3) is 5.91 Å². The maximum Gasteiger partial charge on any atom is 0.339 e. The molecule has 0 fully saturated rings. The first-order valence-electron chi connectivity index (χ1n) is 10.8. The number of hydrogen-bond donors (Lipinski definition) is 1. The van der Waals surface area contributed by atoms with Crippen LogP contribution in [0, 0.1) is 0 Å². The van der Waals surface area contributed by atoms with Gasteiger partial charge < -0.3 is 14.6 Å². The van der Waals surface area contributed by atoms with E-state index >= 15 is 0 Å². The third kappa shape index (κ3) is 4.11. The number of rotatable bonds is 5. The van der Waals surface area contributed by atoms with Crippen molar-refractivity contribution in [1.29, 1.82) is 0 Å². The Morgan fingerprint density at radius 3 is 2.44 bits per heavy atom. The summed E-state index contributed by atoms with van der Waals surface area (Å²) in [5, 5.41) is 2.84. The van der Waals surface area contributed by atoms with Gasteiger partial charge in [-0.15, -0.1) is 0 Å². The number of nitrogens with one attached hydrogen (secondary N) is 1. The van der Waals surface area contributed by atoms with Crippen molar-refractivity contribution < 1.29 is 19.1 Å². The summed E-state index contributed by atoms with van der Waals surface area (Å²) in [6.45, 7) is 0. The highest BCUT2D eigenvalue weighted by molar-refractivity contribution is 6.08. The molecule has 0 unspecified atom stereocenters. The van der Waals surface area contributed by atoms with E-state index in [1.165, 1.54) is 0 Å². The van der Waals surface area contributed by atoms with Crippen LogP contribution in [0.15, 0.2) is 85.2 Å². The van der Waals surface area contributed by atoms with E-state index in [2.05, 4.69) is 10.3 Å². The van der Waals surface area contributed by atoms with E-state index < -0.39 is 5.97 Å². The molecular weight excluding hydrogens is 430 g/mol. The molecule has 1 atom stereocenters. The van der Waals surface area contributed by atoms with Crippen molar-refractivity contribution in [3.8, 4) is 0 Å². The van der Waals surface area contributed by atoms with Crippen LogP contribution in [-0.4, -0.2) is 27.2 Å². The summed E-state index contributed by atoms with van der Waals surface area (Å²) in [6, 6.07) is 21.2. The quantitative estimate of drug-likeness (QED) is 0.360. The smallest absolute Gasteiger partial charge is 0.339 e. The van der Waals surface area contributed by atoms with Crippen molar-refractivity contribution in [1.82, 2.24) is 9.55 Å². The number of carbonyl (C=O) groups is 3. The molecule has 4 aromatic rings. The zero-order valence-electron chi connectivity index (χ0n) is 18.4. The second-order valence-electron chi connectivity index (χ2n) is 8.10. The molecule has 1 amide bonds. The van der Waals surface area contributed by atoms with Gasteiger partial charge in [0.05, 0.1) is 5.56 Å². The summed E-state index contributed by atoms with van der Waals surface area (Å²) in [6.07, 6.45) is 3.39. The molecular formula is C27H21N3O4. The van der Waals surface area contributed by atoms with Crippen molar-refractivity contribution in [2.75, 3.05) is 5.32 Å². The fourth-order valence-corrected chi connectivity index (χ4v) is 4.01. The van der Waals surface area contributed by atoms with E-state index in [-0.39, 0.29) is 17.8 Å². The Hall–Kier alpha value is -4.52. The van der Waals surface area contributed by atoms with E-state index in [0.717, 1.165) is 11.1 Å². The van der Waals surface area contributed by atoms with Crippen LogP contribution in [0.2, 0.25) is 0 Å². The van der Waals surface area contributed by atoms with E-state index in [1.54, 1.807) is 66.5 Å². The minimum absolute atomic E-state index is 0.195. The Balaban J connectivity index is 1.32. The van der Waals surface area contributed by atoms with Gasteiger partial charge in [-0.05, 0) is 53.6 Å². The number of ether oxygens (including phenoxy) is 1. The predicted molar refractivity (Wildman–Crippen MR) is 126 cm³/mol. The summed E-state index contributed by atoms with van der Waals surface area (Å²) >= 11 is 0. The topological polar surface area (TPSA) is 90.3 Å². The highest BCUT2D eigenvalue weighted by Crippen LogP contribution is 2.31. The standard InChI is InChI=1S/C27H21N3O4/c1-30-14-13-28-25(30)24(31)18-7-10-21(11-8-18)29-26(32)19-9-12-22-20(15-19)16-23(34-27(22)33)17-5-3-2-4-6-17/h2-15,23H,16H2,1H3,(H,29,32)/t23-/m0/s1. The summed E-state index contributed by atoms with van der Waals surface area (Å²) in [5.74, 6) is -0.547. The second kappa shape index (κ2) is 8.78. The molecule has 1 aliphatic rings. The number of hydrogen-bond acceptors (Lipinski definition) is 5. The van der Waals surface area contributed by atoms with Crippen LogP contribution in [0.3, 0.4) is 0 Å². The number of carbonyl (C=O) groups excluding carboxylic acids is 3. The monoisotopic (exact) mass is 451 g/mol. The van der Waals surface area contributed by atoms with Gasteiger partial charge in [-0.1, -0.05) is 30.3 Å². The lowest BCUT2D eigenvalue weighted by atomic mass is 9.93. The minimum atomic E-state index is -0.393. The maximum absolute atomic E-state index is 12.9. The van der Waals surface area contributed by atoms with Gasteiger partial charge in [0.2, 0.25) is 5.78 Å². The zero-order valence-corrected chi connectivity index (χ0v) is 18.4. The molecule has 7 nitrogen and oxygen atoms in total. The number of aromatic nitrogens is 2. The van der Waals surface area contributed by atoms with Crippen LogP contribution in [0.25, 0.3) is 0 Å². The van der Waals surface area contributed by atoms with Gasteiger partial charge in [-0.3, -0.25) is 9.59 Å². The molecule has 1 aliphatic heterocycles. The lowest BCUT2D eigenvalue weighted by Crippen LogP contribution is -2.23. The van der Waals surface area contributed by atoms with Crippen molar-refractivity contribution in [2.45, 2.75) is 12.5 Å². The third-order valence-corrected chi connectivity index (χ3v) is 5.84. The lowest BCUT2D eigenvalue weighted by molar-refractivity contribution is 0.0252. The number of esters is 1. The van der Waals surface area contributed by atoms with Gasteiger partial charge in [0.15, 0.2) is 5.82 Å². The number of fused-ring (bicyclic) bond motifs is 1. The van der Waals surface area contributed by atoms with Gasteiger partial charge in [0.1, 0.15) is 6.10 Å². The molecule has 7 heteroatoms. The Morgan fingerprint density at radius 1 is 1.00 bits per heavy atom. The van der Waals surface area contributed by atoms with E-state index in [9.17, 15) is 14.4 Å². The first kappa shape index (κ1) is 21.3. The lowest BCUT2D eigenvalue weighted by Gasteiger charge is -2.25. The molecule has 0 saturated carbocycles. The number of benzene rings is 3. The Morgan fingerprint density at radius 2 is 1.74 bits per heavy atom. The average Bonchev–Trinajstić information content (AvgIpc) is 3.30. The zero-order chi connectivity index (χ0) is 23.7. The second-order valence-corrected chi connectivity index (χ2v) is 8.10. The molecule has 1 N–H and O–H groups in total. The molecule has 0 aliphatic carbocycles. The van der Waals surface area contributed by atoms with E-state index in [1.807, 2.05) is 30.3 Å². The van der Waals surface area contributed by atoms with Crippen LogP contribution < -0.4 is 5.32 Å². The Bertz CT molecular complexity index is 1390. The molecule has 0 radical (unpaired) electrons. The normalized spacial score (nSPS) is 14.7. The predicted octanol–water partition coefficient (Wildman–Crippen LogP) is 4.36. The van der Waals surface area contributed by atoms with E-state index in [0.29, 0.717) is 34.6 Å². The van der Waals surface area contributed by atoms with Crippen LogP contribution >= 0.6 is 0 Å². The molecule has 3 aromatic carbocycles. The number of aryl methyl sites for hydroxylation is 1. The fraction of sp³-hybridized carbons (Fsp3) is 0.111. The van der Waals surface area contributed by atoms with Crippen molar-refractivity contribution in [3.63, 3.8) is 0 Å². The highest BCUT2D eigenvalue weighted by atomic mass is 16.5. The van der Waals surface area contributed by atoms with Crippen LogP contribution in [0.4, 0.5) is 5.69 Å². The van der Waals surface area contributed by atoms with Crippen LogP contribution in [-0.2, 0) is 18.2 Å². The molecule has 0 spiro atoms. The summed E-state index contributed by atoms with van der Waals surface area (Å²) in [7, 11) is 1.76. The largest absolute Gasteiger partial charge is 0.454 e. The number of nitrogens with zero attached hydrogens (tertiary/aromatic N) is 2. The number of ketones is 1. The molecule has 5 rings (SSSR count). The van der Waals surface area contributed by atoms with E-state index in [4.69, 9.17) is 4.74 Å². The molecule has 0 bridgehead atoms. The van der Waals surface area contributed by atoms with Gasteiger partial charge in [-0.2, -0.15) is 0 Å². The number of cyclic esters (lactones) is 1. The van der Waals surface area contributed by atoms with Crippen LogP contribution in [0.1, 0.15) is 54.1 Å². The molecule has 2 heterocycles. The van der Waals surface area contributed by atoms with Crippen molar-refractivity contribution in [2.24, 2.45) is 7.05 Å². The summed E-state index contributed by atoms with van der Waals surface area (Å²) < 4.78 is 7.25.